The Hall–Kier alpha value is -1.10. The summed E-state index contributed by atoms with van der Waals surface area (Å²) >= 11 is 0. The lowest BCUT2D eigenvalue weighted by Crippen LogP contribution is -2.55. The van der Waals surface area contributed by atoms with Crippen molar-refractivity contribution in [1.29, 1.82) is 0 Å². The average molecular weight is 271 g/mol. The fraction of sp³-hybridized carbons (Fsp3) is 0.857. The maximum atomic E-state index is 11.9. The summed E-state index contributed by atoms with van der Waals surface area (Å²) in [7, 11) is 0. The van der Waals surface area contributed by atoms with Gasteiger partial charge in [0.05, 0.1) is 5.54 Å². The minimum Gasteiger partial charge on any atom is -0.337 e. The normalized spacial score (nSPS) is 12.4. The second-order valence-electron chi connectivity index (χ2n) is 6.70. The molecule has 0 heterocycles. The second-order valence-corrected chi connectivity index (χ2v) is 6.70. The van der Waals surface area contributed by atoms with Gasteiger partial charge in [0.2, 0.25) is 0 Å². The van der Waals surface area contributed by atoms with Gasteiger partial charge in [0.1, 0.15) is 0 Å². The smallest absolute Gasteiger partial charge is 0.315 e. The van der Waals surface area contributed by atoms with E-state index in [-0.39, 0.29) is 23.3 Å². The lowest BCUT2D eigenvalue weighted by molar-refractivity contribution is -0.126. The molecule has 5 heteroatoms. The lowest BCUT2D eigenvalue weighted by Gasteiger charge is -2.27. The number of amides is 2. The van der Waals surface area contributed by atoms with E-state index in [0.717, 1.165) is 0 Å². The topological polar surface area (TPSA) is 70.2 Å². The Bertz CT molecular complexity index is 317. The standard InChI is InChI=1S/C14H29N3O2/c1-10(2)11(18)14(6,7)17-12(19)15-8-9-16-13(3,4)5/h10,16H,8-9H2,1-7H3,(H2,15,17,19). The van der Waals surface area contributed by atoms with Gasteiger partial charge in [-0.25, -0.2) is 4.79 Å². The molecule has 0 aliphatic rings. The number of nitrogens with one attached hydrogen (secondary N) is 3. The average Bonchev–Trinajstić information content (AvgIpc) is 2.21. The number of rotatable bonds is 6. The van der Waals surface area contributed by atoms with E-state index in [0.29, 0.717) is 13.1 Å². The first-order valence-corrected chi connectivity index (χ1v) is 6.81. The summed E-state index contributed by atoms with van der Waals surface area (Å²) in [6, 6.07) is -0.310. The molecule has 0 saturated carbocycles. The van der Waals surface area contributed by atoms with E-state index >= 15 is 0 Å². The van der Waals surface area contributed by atoms with Crippen molar-refractivity contribution in [2.75, 3.05) is 13.1 Å². The molecule has 0 saturated heterocycles. The fourth-order valence-corrected chi connectivity index (χ4v) is 1.72. The van der Waals surface area contributed by atoms with Gasteiger partial charge in [0, 0.05) is 24.5 Å². The highest BCUT2D eigenvalue weighted by Gasteiger charge is 2.30. The number of Topliss-reactive ketones (excluding diaryl/α,β-unsaturated/α-hetero) is 1. The zero-order chi connectivity index (χ0) is 15.3. The van der Waals surface area contributed by atoms with Crippen LogP contribution in [0, 0.1) is 5.92 Å². The highest BCUT2D eigenvalue weighted by Crippen LogP contribution is 2.10. The molecular formula is C14H29N3O2. The van der Waals surface area contributed by atoms with Crippen LogP contribution in [0.4, 0.5) is 4.79 Å². The summed E-state index contributed by atoms with van der Waals surface area (Å²) in [6.07, 6.45) is 0. The van der Waals surface area contributed by atoms with E-state index < -0.39 is 5.54 Å². The maximum Gasteiger partial charge on any atom is 0.315 e. The molecule has 0 unspecified atom stereocenters. The Morgan fingerprint density at radius 3 is 1.95 bits per heavy atom. The van der Waals surface area contributed by atoms with E-state index in [9.17, 15) is 9.59 Å². The van der Waals surface area contributed by atoms with E-state index in [1.807, 2.05) is 13.8 Å². The van der Waals surface area contributed by atoms with Crippen molar-refractivity contribution < 1.29 is 9.59 Å². The van der Waals surface area contributed by atoms with Crippen molar-refractivity contribution in [1.82, 2.24) is 16.0 Å². The number of hydrogen-bond donors (Lipinski definition) is 3. The summed E-state index contributed by atoms with van der Waals surface area (Å²) in [5, 5.41) is 8.72. The van der Waals surface area contributed by atoms with Crippen LogP contribution in [-0.2, 0) is 4.79 Å². The minimum absolute atomic E-state index is 0.0236. The van der Waals surface area contributed by atoms with Gasteiger partial charge in [-0.2, -0.15) is 0 Å². The van der Waals surface area contributed by atoms with Gasteiger partial charge in [-0.15, -0.1) is 0 Å². The minimum atomic E-state index is -0.838. The van der Waals surface area contributed by atoms with Gasteiger partial charge in [0.25, 0.3) is 0 Å². The van der Waals surface area contributed by atoms with Crippen LogP contribution in [0.2, 0.25) is 0 Å². The molecule has 0 aromatic heterocycles. The first-order chi connectivity index (χ1) is 8.46. The molecular weight excluding hydrogens is 242 g/mol. The van der Waals surface area contributed by atoms with Crippen molar-refractivity contribution in [2.24, 2.45) is 5.92 Å². The van der Waals surface area contributed by atoms with Crippen molar-refractivity contribution in [3.63, 3.8) is 0 Å². The van der Waals surface area contributed by atoms with Gasteiger partial charge < -0.3 is 16.0 Å². The van der Waals surface area contributed by atoms with Gasteiger partial charge in [0.15, 0.2) is 5.78 Å². The quantitative estimate of drug-likeness (QED) is 0.644. The first kappa shape index (κ1) is 17.9. The molecule has 0 fully saturated rings. The molecule has 0 aromatic carbocycles. The fourth-order valence-electron chi connectivity index (χ4n) is 1.72. The Morgan fingerprint density at radius 2 is 1.53 bits per heavy atom. The Kier molecular flexibility index (Phi) is 6.49. The molecule has 19 heavy (non-hydrogen) atoms. The molecule has 5 nitrogen and oxygen atoms in total. The SMILES string of the molecule is CC(C)C(=O)C(C)(C)NC(=O)NCCNC(C)(C)C. The number of urea groups is 1. The van der Waals surface area contributed by atoms with Crippen LogP contribution in [0.1, 0.15) is 48.5 Å². The van der Waals surface area contributed by atoms with E-state index in [1.165, 1.54) is 0 Å². The highest BCUT2D eigenvalue weighted by atomic mass is 16.2. The molecule has 0 aliphatic heterocycles. The Labute approximate surface area is 116 Å². The monoisotopic (exact) mass is 271 g/mol. The lowest BCUT2D eigenvalue weighted by atomic mass is 9.91. The summed E-state index contributed by atoms with van der Waals surface area (Å²) in [5.74, 6) is -0.0756. The maximum absolute atomic E-state index is 11.9. The van der Waals surface area contributed by atoms with Crippen LogP contribution in [0.25, 0.3) is 0 Å². The first-order valence-electron chi connectivity index (χ1n) is 6.81. The molecule has 112 valence electrons. The third-order valence-electron chi connectivity index (χ3n) is 2.63. The summed E-state index contributed by atoms with van der Waals surface area (Å²) < 4.78 is 0. The van der Waals surface area contributed by atoms with Crippen molar-refractivity contribution in [3.05, 3.63) is 0 Å². The summed E-state index contributed by atoms with van der Waals surface area (Å²) in [4.78, 5) is 23.6. The van der Waals surface area contributed by atoms with Crippen LogP contribution in [0.5, 0.6) is 0 Å². The van der Waals surface area contributed by atoms with Crippen LogP contribution >= 0.6 is 0 Å². The van der Waals surface area contributed by atoms with Crippen molar-refractivity contribution >= 4 is 11.8 Å². The third kappa shape index (κ3) is 7.82. The molecule has 0 aliphatic carbocycles. The van der Waals surface area contributed by atoms with Gasteiger partial charge in [-0.05, 0) is 34.6 Å². The van der Waals surface area contributed by atoms with E-state index in [1.54, 1.807) is 13.8 Å². The highest BCUT2D eigenvalue weighted by molar-refractivity contribution is 5.92. The second kappa shape index (κ2) is 6.89. The zero-order valence-corrected chi connectivity index (χ0v) is 13.3. The van der Waals surface area contributed by atoms with Gasteiger partial charge in [-0.3, -0.25) is 4.79 Å². The number of carbonyl (C=O) groups is 2. The summed E-state index contributed by atoms with van der Waals surface area (Å²) in [6.45, 7) is 14.5. The predicted octanol–water partition coefficient (Wildman–Crippen LogP) is 1.68. The number of carbonyl (C=O) groups excluding carboxylic acids is 2. The van der Waals surface area contributed by atoms with Gasteiger partial charge >= 0.3 is 6.03 Å². The molecule has 0 atom stereocenters. The Morgan fingerprint density at radius 1 is 1.00 bits per heavy atom. The largest absolute Gasteiger partial charge is 0.337 e. The van der Waals surface area contributed by atoms with E-state index in [4.69, 9.17) is 0 Å². The summed E-state index contributed by atoms with van der Waals surface area (Å²) in [5.41, 5.74) is -0.805. The zero-order valence-electron chi connectivity index (χ0n) is 13.3. The molecule has 2 amide bonds. The van der Waals surface area contributed by atoms with Crippen LogP contribution in [0.15, 0.2) is 0 Å². The van der Waals surface area contributed by atoms with Crippen LogP contribution < -0.4 is 16.0 Å². The van der Waals surface area contributed by atoms with Crippen molar-refractivity contribution in [2.45, 2.75) is 59.5 Å². The number of ketones is 1. The van der Waals surface area contributed by atoms with Crippen LogP contribution in [0.3, 0.4) is 0 Å². The predicted molar refractivity (Wildman–Crippen MR) is 78.2 cm³/mol. The van der Waals surface area contributed by atoms with Gasteiger partial charge in [-0.1, -0.05) is 13.8 Å². The molecule has 0 spiro atoms. The van der Waals surface area contributed by atoms with E-state index in [2.05, 4.69) is 36.7 Å². The molecule has 3 N–H and O–H groups in total. The molecule has 0 aromatic rings. The third-order valence-corrected chi connectivity index (χ3v) is 2.63. The molecule has 0 rings (SSSR count). The number of hydrogen-bond acceptors (Lipinski definition) is 3. The van der Waals surface area contributed by atoms with Crippen molar-refractivity contribution in [3.8, 4) is 0 Å². The van der Waals surface area contributed by atoms with Crippen LogP contribution in [-0.4, -0.2) is 36.0 Å². The molecule has 0 bridgehead atoms. The molecule has 0 radical (unpaired) electrons. The Balaban J connectivity index is 4.08.